The van der Waals surface area contributed by atoms with Gasteiger partial charge in [-0.2, -0.15) is 0 Å². The number of methoxy groups -OCH3 is 1. The van der Waals surface area contributed by atoms with Gasteiger partial charge in [0.2, 0.25) is 15.9 Å². The van der Waals surface area contributed by atoms with E-state index in [9.17, 15) is 18.0 Å². The van der Waals surface area contributed by atoms with Gasteiger partial charge in [0.15, 0.2) is 0 Å². The van der Waals surface area contributed by atoms with Crippen LogP contribution in [0.25, 0.3) is 0 Å². The van der Waals surface area contributed by atoms with Gasteiger partial charge in [0, 0.05) is 45.1 Å². The zero-order valence-electron chi connectivity index (χ0n) is 19.3. The van der Waals surface area contributed by atoms with E-state index in [1.807, 2.05) is 18.7 Å². The van der Waals surface area contributed by atoms with Crippen molar-refractivity contribution >= 4 is 27.5 Å². The molecule has 1 aliphatic carbocycles. The number of nitrogens with zero attached hydrogens (tertiary/aromatic N) is 2. The third-order valence-electron chi connectivity index (χ3n) is 5.96. The minimum absolute atomic E-state index is 0.0145. The van der Waals surface area contributed by atoms with E-state index in [4.69, 9.17) is 9.47 Å². The maximum Gasteiger partial charge on any atom is 0.257 e. The molecule has 1 aliphatic heterocycles. The Bertz CT molecular complexity index is 962. The summed E-state index contributed by atoms with van der Waals surface area (Å²) in [5, 5.41) is 0. The van der Waals surface area contributed by atoms with Crippen LogP contribution >= 0.6 is 0 Å². The maximum absolute atomic E-state index is 13.2. The van der Waals surface area contributed by atoms with E-state index < -0.39 is 10.0 Å². The van der Waals surface area contributed by atoms with Gasteiger partial charge >= 0.3 is 0 Å². The molecule has 0 unspecified atom stereocenters. The van der Waals surface area contributed by atoms with E-state index in [2.05, 4.69) is 4.72 Å². The van der Waals surface area contributed by atoms with E-state index in [1.165, 1.54) is 12.1 Å². The number of nitrogens with one attached hydrogen (secondary N) is 1. The van der Waals surface area contributed by atoms with Crippen molar-refractivity contribution in [3.05, 3.63) is 23.8 Å². The number of rotatable bonds is 4. The first-order valence-electron chi connectivity index (χ1n) is 10.8. The Balaban J connectivity index is 1.97. The van der Waals surface area contributed by atoms with Gasteiger partial charge in [-0.25, -0.2) is 8.42 Å². The molecule has 9 nitrogen and oxygen atoms in total. The average molecular weight is 468 g/mol. The van der Waals surface area contributed by atoms with Crippen molar-refractivity contribution in [3.63, 3.8) is 0 Å². The molecule has 10 heteroatoms. The second kappa shape index (κ2) is 9.66. The van der Waals surface area contributed by atoms with Crippen molar-refractivity contribution in [2.75, 3.05) is 44.8 Å². The minimum atomic E-state index is -3.49. The summed E-state index contributed by atoms with van der Waals surface area (Å²) < 4.78 is 37.4. The maximum atomic E-state index is 13.2. The molecule has 1 aromatic carbocycles. The van der Waals surface area contributed by atoms with Crippen LogP contribution in [0.15, 0.2) is 18.2 Å². The van der Waals surface area contributed by atoms with E-state index >= 15 is 0 Å². The van der Waals surface area contributed by atoms with Crippen molar-refractivity contribution in [1.82, 2.24) is 9.80 Å². The van der Waals surface area contributed by atoms with Crippen molar-refractivity contribution in [1.29, 1.82) is 0 Å². The molecule has 0 saturated heterocycles. The molecule has 3 atom stereocenters. The number of ether oxygens (including phenoxy) is 2. The monoisotopic (exact) mass is 467 g/mol. The highest BCUT2D eigenvalue weighted by molar-refractivity contribution is 7.92. The molecule has 1 aromatic rings. The molecule has 2 aliphatic rings. The van der Waals surface area contributed by atoms with Gasteiger partial charge in [-0.05, 0) is 31.9 Å². The van der Waals surface area contributed by atoms with Gasteiger partial charge in [0.05, 0.1) is 29.7 Å². The van der Waals surface area contributed by atoms with Gasteiger partial charge in [0.1, 0.15) is 12.4 Å². The molecule has 1 fully saturated rings. The first-order valence-corrected chi connectivity index (χ1v) is 12.7. The number of fused-ring (bicyclic) bond motifs is 1. The summed E-state index contributed by atoms with van der Waals surface area (Å²) in [6, 6.07) is 4.36. The van der Waals surface area contributed by atoms with Crippen molar-refractivity contribution in [2.45, 2.75) is 38.8 Å². The number of amides is 2. The fourth-order valence-electron chi connectivity index (χ4n) is 3.92. The summed E-state index contributed by atoms with van der Waals surface area (Å²) in [5.41, 5.74) is 0.623. The highest BCUT2D eigenvalue weighted by Crippen LogP contribution is 2.33. The van der Waals surface area contributed by atoms with E-state index in [1.54, 1.807) is 25.1 Å². The van der Waals surface area contributed by atoms with Crippen LogP contribution in [0.4, 0.5) is 5.69 Å². The Morgan fingerprint density at radius 3 is 2.50 bits per heavy atom. The lowest BCUT2D eigenvalue weighted by molar-refractivity contribution is -0.136. The Morgan fingerprint density at radius 1 is 1.22 bits per heavy atom. The van der Waals surface area contributed by atoms with Crippen LogP contribution in [0.2, 0.25) is 0 Å². The molecule has 1 heterocycles. The lowest BCUT2D eigenvalue weighted by Gasteiger charge is -2.36. The van der Waals surface area contributed by atoms with E-state index in [0.717, 1.165) is 19.1 Å². The molecule has 1 saturated carbocycles. The number of anilines is 1. The fourth-order valence-corrected chi connectivity index (χ4v) is 4.48. The predicted octanol–water partition coefficient (Wildman–Crippen LogP) is 1.80. The van der Waals surface area contributed by atoms with Crippen LogP contribution in [-0.2, 0) is 19.6 Å². The number of sulfonamides is 1. The molecule has 2 amide bonds. The summed E-state index contributed by atoms with van der Waals surface area (Å²) in [7, 11) is -0.186. The Labute approximate surface area is 190 Å². The van der Waals surface area contributed by atoms with Crippen LogP contribution in [-0.4, -0.2) is 82.3 Å². The number of hydrogen-bond acceptors (Lipinski definition) is 6. The third kappa shape index (κ3) is 5.92. The SMILES string of the molecule is CO[C@H]1CN(C)C(=O)c2ccc(NS(C)(=O)=O)cc2OC[C@@H](C)N(C(=O)C2CC2)C[C@H]1C. The zero-order chi connectivity index (χ0) is 23.6. The average Bonchev–Trinajstić information content (AvgIpc) is 3.56. The van der Waals surface area contributed by atoms with Gasteiger partial charge in [-0.1, -0.05) is 6.92 Å². The normalized spacial score (nSPS) is 25.3. The Kier molecular flexibility index (Phi) is 7.34. The molecule has 0 bridgehead atoms. The largest absolute Gasteiger partial charge is 0.491 e. The van der Waals surface area contributed by atoms with Crippen LogP contribution in [0.3, 0.4) is 0 Å². The summed E-state index contributed by atoms with van der Waals surface area (Å²) in [6.45, 7) is 4.97. The molecule has 0 radical (unpaired) electrons. The second-order valence-electron chi connectivity index (χ2n) is 8.95. The lowest BCUT2D eigenvalue weighted by atomic mass is 10.0. The number of carbonyl (C=O) groups excluding carboxylic acids is 2. The Hall–Kier alpha value is -2.33. The van der Waals surface area contributed by atoms with Crippen LogP contribution in [0, 0.1) is 11.8 Å². The van der Waals surface area contributed by atoms with Gasteiger partial charge in [0.25, 0.3) is 5.91 Å². The first kappa shape index (κ1) is 24.3. The summed E-state index contributed by atoms with van der Waals surface area (Å²) >= 11 is 0. The second-order valence-corrected chi connectivity index (χ2v) is 10.7. The summed E-state index contributed by atoms with van der Waals surface area (Å²) in [4.78, 5) is 29.6. The minimum Gasteiger partial charge on any atom is -0.491 e. The molecular formula is C22H33N3O6S. The van der Waals surface area contributed by atoms with E-state index in [0.29, 0.717) is 24.3 Å². The number of hydrogen-bond donors (Lipinski definition) is 1. The predicted molar refractivity (Wildman–Crippen MR) is 121 cm³/mol. The molecule has 0 aromatic heterocycles. The van der Waals surface area contributed by atoms with Crippen LogP contribution in [0.5, 0.6) is 5.75 Å². The molecule has 1 N–H and O–H groups in total. The molecule has 3 rings (SSSR count). The smallest absolute Gasteiger partial charge is 0.257 e. The number of likely N-dealkylation sites (N-methyl/N-ethyl adjacent to an activating group) is 1. The highest BCUT2D eigenvalue weighted by atomic mass is 32.2. The molecular weight excluding hydrogens is 434 g/mol. The molecule has 178 valence electrons. The van der Waals surface area contributed by atoms with Crippen molar-refractivity contribution in [2.24, 2.45) is 11.8 Å². The van der Waals surface area contributed by atoms with Crippen molar-refractivity contribution in [3.8, 4) is 5.75 Å². The van der Waals surface area contributed by atoms with Gasteiger partial charge in [-0.15, -0.1) is 0 Å². The summed E-state index contributed by atoms with van der Waals surface area (Å²) in [5.74, 6) is 0.223. The highest BCUT2D eigenvalue weighted by Gasteiger charge is 2.37. The molecule has 32 heavy (non-hydrogen) atoms. The van der Waals surface area contributed by atoms with Gasteiger partial charge in [-0.3, -0.25) is 14.3 Å². The lowest BCUT2D eigenvalue weighted by Crippen LogP contribution is -2.49. The zero-order valence-corrected chi connectivity index (χ0v) is 20.1. The van der Waals surface area contributed by atoms with Crippen LogP contribution in [0.1, 0.15) is 37.0 Å². The fraction of sp³-hybridized carbons (Fsp3) is 0.636. The standard InChI is InChI=1S/C22H33N3O6S/c1-14-11-25(21(26)16-6-7-16)15(2)13-31-19-10-17(23-32(5,28)29)8-9-18(19)22(27)24(3)12-20(14)30-4/h8-10,14-16,20,23H,6-7,11-13H2,1-5H3/t14-,15-,20+/m1/s1. The Morgan fingerprint density at radius 2 is 1.91 bits per heavy atom. The first-order chi connectivity index (χ1) is 15.0. The number of benzene rings is 1. The van der Waals surface area contributed by atoms with Crippen LogP contribution < -0.4 is 9.46 Å². The van der Waals surface area contributed by atoms with E-state index in [-0.39, 0.29) is 48.2 Å². The van der Waals surface area contributed by atoms with Gasteiger partial charge < -0.3 is 19.3 Å². The quantitative estimate of drug-likeness (QED) is 0.724. The summed E-state index contributed by atoms with van der Waals surface area (Å²) in [6.07, 6.45) is 2.62. The molecule has 0 spiro atoms. The number of carbonyl (C=O) groups is 2. The third-order valence-corrected chi connectivity index (χ3v) is 6.57. The van der Waals surface area contributed by atoms with Crippen molar-refractivity contribution < 1.29 is 27.5 Å². The topological polar surface area (TPSA) is 105 Å².